The number of ether oxygens (including phenoxy) is 2. The molecule has 3 fully saturated rings. The molecule has 3 aromatic heterocycles. The van der Waals surface area contributed by atoms with Gasteiger partial charge in [0.15, 0.2) is 0 Å². The number of halogens is 1. The number of amides is 1. The lowest BCUT2D eigenvalue weighted by molar-refractivity contribution is -0.392. The summed E-state index contributed by atoms with van der Waals surface area (Å²) in [4.78, 5) is 37.1. The van der Waals surface area contributed by atoms with Crippen LogP contribution in [0.2, 0.25) is 5.02 Å². The molecule has 1 saturated carbocycles. The minimum absolute atomic E-state index is 0.0190. The summed E-state index contributed by atoms with van der Waals surface area (Å²) < 4.78 is 42.6. The molecule has 2 saturated heterocycles. The molecule has 0 unspecified atom stereocenters. The van der Waals surface area contributed by atoms with Gasteiger partial charge in [-0.3, -0.25) is 9.69 Å². The molecule has 0 bridgehead atoms. The highest BCUT2D eigenvalue weighted by Gasteiger charge is 2.41. The lowest BCUT2D eigenvalue weighted by Gasteiger charge is -2.47. The van der Waals surface area contributed by atoms with E-state index in [1.54, 1.807) is 30.5 Å². The second kappa shape index (κ2) is 16.7. The van der Waals surface area contributed by atoms with E-state index in [-0.39, 0.29) is 34.5 Å². The third kappa shape index (κ3) is 8.53. The smallest absolute Gasteiger partial charge is 0.324 e. The number of nitrogens with one attached hydrogen (secondary N) is 2. The minimum atomic E-state index is -4.52. The van der Waals surface area contributed by atoms with E-state index in [0.29, 0.717) is 42.9 Å². The summed E-state index contributed by atoms with van der Waals surface area (Å²) >= 11 is 6.27. The number of aromatic nitrogens is 3. The molecule has 14 nitrogen and oxygen atoms in total. The van der Waals surface area contributed by atoms with E-state index >= 15 is 0 Å². The number of pyridine rings is 1. The van der Waals surface area contributed by atoms with E-state index in [1.807, 2.05) is 18.2 Å². The van der Waals surface area contributed by atoms with Gasteiger partial charge in [-0.05, 0) is 103 Å². The van der Waals surface area contributed by atoms with Crippen LogP contribution in [0.15, 0.2) is 89.7 Å². The summed E-state index contributed by atoms with van der Waals surface area (Å²) in [6, 6.07) is 18.1. The number of aromatic amines is 1. The molecule has 16 heteroatoms. The number of sulfonamides is 1. The molecular formula is C44H48ClN7O7S. The van der Waals surface area contributed by atoms with Crippen LogP contribution in [0.25, 0.3) is 16.6 Å². The zero-order valence-corrected chi connectivity index (χ0v) is 34.8. The van der Waals surface area contributed by atoms with E-state index in [0.717, 1.165) is 67.7 Å². The number of nitro groups is 1. The highest BCUT2D eigenvalue weighted by Crippen LogP contribution is 2.55. The van der Waals surface area contributed by atoms with Crippen LogP contribution in [0.4, 0.5) is 11.5 Å². The van der Waals surface area contributed by atoms with Crippen LogP contribution >= 0.6 is 11.6 Å². The zero-order chi connectivity index (χ0) is 41.4. The fraction of sp³-hybridized carbons (Fsp3) is 0.409. The average Bonchev–Trinajstić information content (AvgIpc) is 3.89. The van der Waals surface area contributed by atoms with E-state index in [1.165, 1.54) is 59.4 Å². The number of benzene rings is 2. The van der Waals surface area contributed by atoms with Gasteiger partial charge >= 0.3 is 5.82 Å². The topological polar surface area (TPSA) is 165 Å². The standard InChI is InChI=1S/C44H48ClN7O7S/c45-34-4-2-31(3-5-34)39-25-44(12-1-13-44)14-8-33(39)28-49-16-18-50(19-17-49)35-6-7-38(40(23-35)59-36-22-32-9-15-46-42(32)47-26-36)43(53)48-60(56,57)37-24-41(52(54)55)51(29-37)27-30-10-20-58-21-11-30/h2-7,9,15,22-24,26,29-30H,1,8,10-14,16-21,25,27-28H2,(H,46,47)(H,48,53). The molecule has 314 valence electrons. The van der Waals surface area contributed by atoms with Crippen molar-refractivity contribution in [3.05, 3.63) is 111 Å². The van der Waals surface area contributed by atoms with Gasteiger partial charge < -0.3 is 29.5 Å². The molecule has 4 aliphatic rings. The predicted octanol–water partition coefficient (Wildman–Crippen LogP) is 8.19. The Bertz CT molecular complexity index is 2550. The zero-order valence-electron chi connectivity index (χ0n) is 33.3. The molecular weight excluding hydrogens is 806 g/mol. The third-order valence-electron chi connectivity index (χ3n) is 12.9. The summed E-state index contributed by atoms with van der Waals surface area (Å²) in [5.41, 5.74) is 6.20. The molecule has 2 aliphatic carbocycles. The van der Waals surface area contributed by atoms with Crippen molar-refractivity contribution in [2.24, 2.45) is 11.3 Å². The van der Waals surface area contributed by atoms with Crippen molar-refractivity contribution >= 4 is 55.6 Å². The number of carbonyl (C=O) groups excluding carboxylic acids is 1. The molecule has 2 aromatic carbocycles. The van der Waals surface area contributed by atoms with Gasteiger partial charge in [0.2, 0.25) is 0 Å². The first-order valence-corrected chi connectivity index (χ1v) is 22.6. The van der Waals surface area contributed by atoms with Gasteiger partial charge in [-0.15, -0.1) is 0 Å². The first-order chi connectivity index (χ1) is 29.0. The van der Waals surface area contributed by atoms with Gasteiger partial charge in [0, 0.05) is 80.2 Å². The number of nitrogens with zero attached hydrogens (tertiary/aromatic N) is 5. The molecule has 5 aromatic rings. The van der Waals surface area contributed by atoms with Gasteiger partial charge in [0.1, 0.15) is 28.2 Å². The number of hydrogen-bond acceptors (Lipinski definition) is 10. The second-order valence-electron chi connectivity index (χ2n) is 16.7. The van der Waals surface area contributed by atoms with Crippen molar-refractivity contribution in [2.75, 3.05) is 50.8 Å². The average molecular weight is 854 g/mol. The van der Waals surface area contributed by atoms with E-state index in [4.69, 9.17) is 21.1 Å². The monoisotopic (exact) mass is 853 g/mol. The van der Waals surface area contributed by atoms with Crippen molar-refractivity contribution < 1.29 is 27.6 Å². The molecule has 5 heterocycles. The molecule has 0 radical (unpaired) electrons. The lowest BCUT2D eigenvalue weighted by Crippen LogP contribution is -2.47. The first kappa shape index (κ1) is 40.2. The summed E-state index contributed by atoms with van der Waals surface area (Å²) in [5, 5.41) is 13.5. The Hall–Kier alpha value is -5.22. The maximum absolute atomic E-state index is 13.9. The van der Waals surface area contributed by atoms with Gasteiger partial charge in [-0.1, -0.05) is 35.7 Å². The van der Waals surface area contributed by atoms with Gasteiger partial charge in [0.05, 0.1) is 24.4 Å². The number of fused-ring (bicyclic) bond motifs is 1. The van der Waals surface area contributed by atoms with Crippen LogP contribution < -0.4 is 14.4 Å². The van der Waals surface area contributed by atoms with Gasteiger partial charge in [0.25, 0.3) is 15.9 Å². The van der Waals surface area contributed by atoms with Crippen LogP contribution in [-0.4, -0.2) is 84.6 Å². The Morgan fingerprint density at radius 1 is 1.03 bits per heavy atom. The summed E-state index contributed by atoms with van der Waals surface area (Å²) in [5.74, 6) is -0.694. The number of allylic oxidation sites excluding steroid dienone is 1. The minimum Gasteiger partial charge on any atom is -0.455 e. The quantitative estimate of drug-likeness (QED) is 0.0924. The molecule has 1 amide bonds. The van der Waals surface area contributed by atoms with Gasteiger partial charge in [-0.2, -0.15) is 0 Å². The number of hydrogen-bond donors (Lipinski definition) is 2. The Kier molecular flexibility index (Phi) is 11.2. The van der Waals surface area contributed by atoms with Crippen LogP contribution in [0.3, 0.4) is 0 Å². The van der Waals surface area contributed by atoms with Crippen LogP contribution in [0.1, 0.15) is 67.3 Å². The fourth-order valence-corrected chi connectivity index (χ4v) is 10.4. The van der Waals surface area contributed by atoms with Gasteiger partial charge in [-0.25, -0.2) is 22.7 Å². The third-order valence-corrected chi connectivity index (χ3v) is 14.4. The maximum atomic E-state index is 13.9. The molecule has 0 atom stereocenters. The molecule has 2 N–H and O–H groups in total. The number of rotatable bonds is 12. The van der Waals surface area contributed by atoms with Crippen LogP contribution in [-0.2, 0) is 21.3 Å². The number of anilines is 1. The maximum Gasteiger partial charge on any atom is 0.324 e. The SMILES string of the molecule is O=C(NS(=O)(=O)c1cc([N+](=O)[O-])n(CC2CCOCC2)c1)c1ccc(N2CCN(CC3=C(c4ccc(Cl)cc4)CC4(CCC4)CC3)CC2)cc1Oc1cnc2[nH]ccc2c1. The van der Waals surface area contributed by atoms with Crippen molar-refractivity contribution in [3.8, 4) is 11.5 Å². The van der Waals surface area contributed by atoms with Crippen molar-refractivity contribution in [3.63, 3.8) is 0 Å². The predicted molar refractivity (Wildman–Crippen MR) is 229 cm³/mol. The summed E-state index contributed by atoms with van der Waals surface area (Å²) in [6.45, 7) is 5.43. The number of carbonyl (C=O) groups is 1. The summed E-state index contributed by atoms with van der Waals surface area (Å²) in [6.07, 6.45) is 13.4. The van der Waals surface area contributed by atoms with Crippen molar-refractivity contribution in [1.82, 2.24) is 24.2 Å². The van der Waals surface area contributed by atoms with Crippen molar-refractivity contribution in [1.29, 1.82) is 0 Å². The number of piperazine rings is 1. The van der Waals surface area contributed by atoms with Crippen LogP contribution in [0.5, 0.6) is 11.5 Å². The lowest BCUT2D eigenvalue weighted by atomic mass is 9.59. The highest BCUT2D eigenvalue weighted by atomic mass is 35.5. The van der Waals surface area contributed by atoms with Crippen molar-refractivity contribution in [2.45, 2.75) is 62.8 Å². The van der Waals surface area contributed by atoms with Crippen LogP contribution in [0, 0.1) is 21.4 Å². The Morgan fingerprint density at radius 2 is 1.82 bits per heavy atom. The number of H-pyrrole nitrogens is 1. The van der Waals surface area contributed by atoms with E-state index in [9.17, 15) is 23.3 Å². The Morgan fingerprint density at radius 3 is 2.55 bits per heavy atom. The largest absolute Gasteiger partial charge is 0.455 e. The van der Waals surface area contributed by atoms with E-state index in [2.05, 4.69) is 36.6 Å². The Labute approximate surface area is 353 Å². The molecule has 60 heavy (non-hydrogen) atoms. The Balaban J connectivity index is 0.937. The molecule has 9 rings (SSSR count). The molecule has 1 spiro atoms. The highest BCUT2D eigenvalue weighted by molar-refractivity contribution is 7.90. The fourth-order valence-electron chi connectivity index (χ4n) is 9.27. The first-order valence-electron chi connectivity index (χ1n) is 20.7. The second-order valence-corrected chi connectivity index (χ2v) is 18.8. The summed E-state index contributed by atoms with van der Waals surface area (Å²) in [7, 11) is -4.52. The molecule has 2 aliphatic heterocycles. The normalized spacial score (nSPS) is 18.8. The van der Waals surface area contributed by atoms with E-state index < -0.39 is 20.9 Å².